The van der Waals surface area contributed by atoms with Gasteiger partial charge in [0.15, 0.2) is 0 Å². The average molecular weight is 270 g/mol. The summed E-state index contributed by atoms with van der Waals surface area (Å²) < 4.78 is 0. The maximum absolute atomic E-state index is 11.6. The third-order valence-electron chi connectivity index (χ3n) is 3.24. The van der Waals surface area contributed by atoms with Crippen molar-refractivity contribution in [3.8, 4) is 0 Å². The van der Waals surface area contributed by atoms with Crippen molar-refractivity contribution in [2.75, 3.05) is 6.54 Å². The first kappa shape index (κ1) is 15.5. The normalized spacial score (nSPS) is 22.9. The fourth-order valence-electron chi connectivity index (χ4n) is 2.04. The summed E-state index contributed by atoms with van der Waals surface area (Å²) in [4.78, 5) is 34.0. The fourth-order valence-corrected chi connectivity index (χ4v) is 2.04. The molecular weight excluding hydrogens is 248 g/mol. The number of nitrogens with one attached hydrogen (secondary N) is 2. The standard InChI is InChI=1S/C13H22N2O4/c1-13(2,3)12(19)14-7-10(16)15-9-5-4-8(6-9)11(17)18/h8-9H,4-7H2,1-3H3,(H,14,19)(H,15,16)(H,17,18)/t8-,9+/m1/s1. The van der Waals surface area contributed by atoms with Crippen molar-refractivity contribution in [2.24, 2.45) is 11.3 Å². The Morgan fingerprint density at radius 1 is 1.21 bits per heavy atom. The summed E-state index contributed by atoms with van der Waals surface area (Å²) in [6.07, 6.45) is 1.73. The minimum atomic E-state index is -0.808. The van der Waals surface area contributed by atoms with Crippen LogP contribution in [0.25, 0.3) is 0 Å². The lowest BCUT2D eigenvalue weighted by atomic mass is 9.96. The van der Waals surface area contributed by atoms with E-state index >= 15 is 0 Å². The van der Waals surface area contributed by atoms with Gasteiger partial charge in [0.1, 0.15) is 0 Å². The molecule has 1 saturated carbocycles. The fraction of sp³-hybridized carbons (Fsp3) is 0.769. The molecule has 1 fully saturated rings. The van der Waals surface area contributed by atoms with Crippen molar-refractivity contribution in [3.05, 3.63) is 0 Å². The Morgan fingerprint density at radius 2 is 1.84 bits per heavy atom. The molecule has 3 N–H and O–H groups in total. The number of rotatable bonds is 4. The Hall–Kier alpha value is -1.59. The van der Waals surface area contributed by atoms with Crippen molar-refractivity contribution in [2.45, 2.75) is 46.1 Å². The summed E-state index contributed by atoms with van der Waals surface area (Å²) in [6.45, 7) is 5.25. The number of amides is 2. The zero-order valence-corrected chi connectivity index (χ0v) is 11.7. The van der Waals surface area contributed by atoms with Gasteiger partial charge < -0.3 is 15.7 Å². The minimum Gasteiger partial charge on any atom is -0.481 e. The Labute approximate surface area is 112 Å². The Kier molecular flexibility index (Phi) is 4.91. The molecule has 108 valence electrons. The lowest BCUT2D eigenvalue weighted by molar-refractivity contribution is -0.141. The number of aliphatic carboxylic acids is 1. The summed E-state index contributed by atoms with van der Waals surface area (Å²) in [5.41, 5.74) is -0.526. The summed E-state index contributed by atoms with van der Waals surface area (Å²) in [7, 11) is 0. The number of hydrogen-bond donors (Lipinski definition) is 3. The van der Waals surface area contributed by atoms with Crippen LogP contribution in [0, 0.1) is 11.3 Å². The van der Waals surface area contributed by atoms with E-state index in [1.54, 1.807) is 20.8 Å². The van der Waals surface area contributed by atoms with Gasteiger partial charge in [-0.25, -0.2) is 0 Å². The molecule has 1 aliphatic rings. The zero-order chi connectivity index (χ0) is 14.6. The zero-order valence-electron chi connectivity index (χ0n) is 11.7. The first-order valence-corrected chi connectivity index (χ1v) is 6.50. The summed E-state index contributed by atoms with van der Waals surface area (Å²) in [5, 5.41) is 14.2. The van der Waals surface area contributed by atoms with Crippen molar-refractivity contribution < 1.29 is 19.5 Å². The largest absolute Gasteiger partial charge is 0.481 e. The van der Waals surface area contributed by atoms with E-state index in [0.29, 0.717) is 19.3 Å². The molecule has 0 aliphatic heterocycles. The van der Waals surface area contributed by atoms with E-state index in [4.69, 9.17) is 5.11 Å². The average Bonchev–Trinajstić information content (AvgIpc) is 2.73. The van der Waals surface area contributed by atoms with Crippen molar-refractivity contribution in [3.63, 3.8) is 0 Å². The van der Waals surface area contributed by atoms with Crippen LogP contribution < -0.4 is 10.6 Å². The maximum atomic E-state index is 11.6. The van der Waals surface area contributed by atoms with Gasteiger partial charge in [-0.2, -0.15) is 0 Å². The topological polar surface area (TPSA) is 95.5 Å². The van der Waals surface area contributed by atoms with Gasteiger partial charge in [-0.15, -0.1) is 0 Å². The van der Waals surface area contributed by atoms with E-state index in [-0.39, 0.29) is 30.3 Å². The third-order valence-corrected chi connectivity index (χ3v) is 3.24. The van der Waals surface area contributed by atoms with Crippen molar-refractivity contribution >= 4 is 17.8 Å². The van der Waals surface area contributed by atoms with Crippen molar-refractivity contribution in [1.29, 1.82) is 0 Å². The predicted octanol–water partition coefficient (Wildman–Crippen LogP) is 0.518. The van der Waals surface area contributed by atoms with E-state index in [0.717, 1.165) is 0 Å². The number of hydrogen-bond acceptors (Lipinski definition) is 3. The lowest BCUT2D eigenvalue weighted by Gasteiger charge is -2.18. The second-order valence-corrected chi connectivity index (χ2v) is 6.05. The predicted molar refractivity (Wildman–Crippen MR) is 69.4 cm³/mol. The number of carboxylic acid groups (broad SMARTS) is 1. The summed E-state index contributed by atoms with van der Waals surface area (Å²) in [5.74, 6) is -1.63. The van der Waals surface area contributed by atoms with Gasteiger partial charge in [-0.3, -0.25) is 14.4 Å². The van der Waals surface area contributed by atoms with Gasteiger partial charge in [0, 0.05) is 11.5 Å². The van der Waals surface area contributed by atoms with Gasteiger partial charge >= 0.3 is 5.97 Å². The van der Waals surface area contributed by atoms with Crippen LogP contribution in [0.15, 0.2) is 0 Å². The van der Waals surface area contributed by atoms with Crippen LogP contribution in [0.5, 0.6) is 0 Å². The van der Waals surface area contributed by atoms with Crippen LogP contribution in [0.3, 0.4) is 0 Å². The van der Waals surface area contributed by atoms with Crippen LogP contribution >= 0.6 is 0 Å². The highest BCUT2D eigenvalue weighted by atomic mass is 16.4. The van der Waals surface area contributed by atoms with E-state index < -0.39 is 11.4 Å². The summed E-state index contributed by atoms with van der Waals surface area (Å²) in [6, 6.07) is -0.0971. The van der Waals surface area contributed by atoms with Gasteiger partial charge in [-0.05, 0) is 19.3 Å². The van der Waals surface area contributed by atoms with Crippen LogP contribution in [0.1, 0.15) is 40.0 Å². The van der Waals surface area contributed by atoms with Crippen LogP contribution in [-0.2, 0) is 14.4 Å². The molecule has 6 heteroatoms. The highest BCUT2D eigenvalue weighted by Crippen LogP contribution is 2.25. The SMILES string of the molecule is CC(C)(C)C(=O)NCC(=O)N[C@H]1CC[C@@H](C(=O)O)C1. The molecule has 0 aromatic heterocycles. The summed E-state index contributed by atoms with van der Waals surface area (Å²) >= 11 is 0. The number of carbonyl (C=O) groups excluding carboxylic acids is 2. The smallest absolute Gasteiger partial charge is 0.306 e. The molecule has 6 nitrogen and oxygen atoms in total. The molecule has 19 heavy (non-hydrogen) atoms. The Morgan fingerprint density at radius 3 is 2.32 bits per heavy atom. The van der Waals surface area contributed by atoms with Crippen molar-refractivity contribution in [1.82, 2.24) is 10.6 Å². The van der Waals surface area contributed by atoms with Gasteiger partial charge in [0.05, 0.1) is 12.5 Å². The second-order valence-electron chi connectivity index (χ2n) is 6.05. The molecule has 0 aromatic carbocycles. The Bertz CT molecular complexity index is 373. The van der Waals surface area contributed by atoms with E-state index in [2.05, 4.69) is 10.6 Å². The first-order valence-electron chi connectivity index (χ1n) is 6.50. The molecule has 0 spiro atoms. The molecule has 0 bridgehead atoms. The lowest BCUT2D eigenvalue weighted by Crippen LogP contribution is -2.44. The molecule has 0 radical (unpaired) electrons. The molecule has 1 rings (SSSR count). The molecule has 1 aliphatic carbocycles. The highest BCUT2D eigenvalue weighted by molar-refractivity contribution is 5.87. The van der Waals surface area contributed by atoms with Crippen LogP contribution in [0.4, 0.5) is 0 Å². The minimum absolute atomic E-state index is 0.0651. The molecule has 0 heterocycles. The number of carbonyl (C=O) groups is 3. The molecule has 2 amide bonds. The van der Waals surface area contributed by atoms with E-state index in [1.165, 1.54) is 0 Å². The molecule has 0 unspecified atom stereocenters. The molecule has 2 atom stereocenters. The number of carboxylic acids is 1. The molecular formula is C13H22N2O4. The quantitative estimate of drug-likeness (QED) is 0.694. The van der Waals surface area contributed by atoms with Crippen LogP contribution in [-0.4, -0.2) is 35.5 Å². The van der Waals surface area contributed by atoms with E-state index in [9.17, 15) is 14.4 Å². The van der Waals surface area contributed by atoms with Gasteiger partial charge in [0.25, 0.3) is 0 Å². The van der Waals surface area contributed by atoms with E-state index in [1.807, 2.05) is 0 Å². The van der Waals surface area contributed by atoms with Gasteiger partial charge in [0.2, 0.25) is 11.8 Å². The Balaban J connectivity index is 2.29. The van der Waals surface area contributed by atoms with Crippen LogP contribution in [0.2, 0.25) is 0 Å². The monoisotopic (exact) mass is 270 g/mol. The highest BCUT2D eigenvalue weighted by Gasteiger charge is 2.30. The van der Waals surface area contributed by atoms with Gasteiger partial charge in [-0.1, -0.05) is 20.8 Å². The maximum Gasteiger partial charge on any atom is 0.306 e. The third kappa shape index (κ3) is 4.89. The first-order chi connectivity index (χ1) is 8.70. The molecule has 0 saturated heterocycles. The second kappa shape index (κ2) is 6.04. The molecule has 0 aromatic rings.